The van der Waals surface area contributed by atoms with Crippen LogP contribution in [-0.4, -0.2) is 22.8 Å². The number of rotatable bonds is 5. The first-order valence-corrected chi connectivity index (χ1v) is 9.92. The number of para-hydroxylation sites is 1. The molecule has 0 amide bonds. The molecule has 152 valence electrons. The van der Waals surface area contributed by atoms with Crippen LogP contribution < -0.4 is 0 Å². The summed E-state index contributed by atoms with van der Waals surface area (Å²) in [6.45, 7) is 3.41. The number of hydrogen-bond acceptors (Lipinski definition) is 4. The van der Waals surface area contributed by atoms with Crippen LogP contribution in [0.1, 0.15) is 38.9 Å². The monoisotopic (exact) mass is 408 g/mol. The summed E-state index contributed by atoms with van der Waals surface area (Å²) in [7, 11) is 0. The van der Waals surface area contributed by atoms with Crippen molar-refractivity contribution < 1.29 is 14.3 Å². The van der Waals surface area contributed by atoms with Crippen LogP contribution in [0.25, 0.3) is 22.0 Å². The van der Waals surface area contributed by atoms with Crippen LogP contribution in [0.15, 0.2) is 72.8 Å². The lowest BCUT2D eigenvalue weighted by molar-refractivity contribution is 0.0320. The number of hydrogen-bond donors (Lipinski definition) is 1. The smallest absolute Gasteiger partial charge is 0.339 e. The van der Waals surface area contributed by atoms with Gasteiger partial charge in [-0.2, -0.15) is 5.26 Å². The van der Waals surface area contributed by atoms with Gasteiger partial charge in [0.15, 0.2) is 6.10 Å². The van der Waals surface area contributed by atoms with E-state index in [1.807, 2.05) is 37.3 Å². The van der Waals surface area contributed by atoms with E-state index in [0.29, 0.717) is 27.8 Å². The molecule has 1 N–H and O–H groups in total. The summed E-state index contributed by atoms with van der Waals surface area (Å²) in [6.07, 6.45) is -0.968. The molecular formula is C26H20N2O3. The molecule has 4 rings (SSSR count). The van der Waals surface area contributed by atoms with Crippen molar-refractivity contribution in [3.05, 3.63) is 95.2 Å². The summed E-state index contributed by atoms with van der Waals surface area (Å²) < 4.78 is 5.58. The van der Waals surface area contributed by atoms with E-state index in [4.69, 9.17) is 4.74 Å². The second-order valence-corrected chi connectivity index (χ2v) is 7.29. The number of nitrogens with zero attached hydrogens (tertiary/aromatic N) is 1. The summed E-state index contributed by atoms with van der Waals surface area (Å²) in [5.74, 6) is -0.875. The van der Waals surface area contributed by atoms with E-state index in [1.54, 1.807) is 49.4 Å². The molecule has 0 fully saturated rings. The maximum Gasteiger partial charge on any atom is 0.339 e. The third-order valence-electron chi connectivity index (χ3n) is 5.28. The number of nitriles is 1. The topological polar surface area (TPSA) is 83.0 Å². The molecule has 4 aromatic rings. The van der Waals surface area contributed by atoms with Crippen LogP contribution in [0, 0.1) is 18.3 Å². The van der Waals surface area contributed by atoms with E-state index in [2.05, 4.69) is 11.1 Å². The zero-order chi connectivity index (χ0) is 22.0. The van der Waals surface area contributed by atoms with Crippen molar-refractivity contribution in [1.29, 1.82) is 5.26 Å². The van der Waals surface area contributed by atoms with E-state index in [1.165, 1.54) is 0 Å². The van der Waals surface area contributed by atoms with Crippen LogP contribution in [0.4, 0.5) is 0 Å². The third-order valence-corrected chi connectivity index (χ3v) is 5.28. The van der Waals surface area contributed by atoms with Gasteiger partial charge in [0.2, 0.25) is 5.78 Å². The number of aromatic nitrogens is 1. The Morgan fingerprint density at radius 2 is 1.58 bits per heavy atom. The molecule has 0 aliphatic rings. The second-order valence-electron chi connectivity index (χ2n) is 7.29. The maximum absolute atomic E-state index is 13.1. The van der Waals surface area contributed by atoms with Gasteiger partial charge in [0, 0.05) is 27.7 Å². The zero-order valence-electron chi connectivity index (χ0n) is 17.2. The Labute approximate surface area is 179 Å². The molecule has 0 saturated carbocycles. The summed E-state index contributed by atoms with van der Waals surface area (Å²) in [4.78, 5) is 29.3. The van der Waals surface area contributed by atoms with Gasteiger partial charge in [0.1, 0.15) is 0 Å². The number of nitrogens with one attached hydrogen (secondary N) is 1. The molecule has 0 saturated heterocycles. The van der Waals surface area contributed by atoms with Gasteiger partial charge in [-0.25, -0.2) is 4.79 Å². The number of carbonyl (C=O) groups is 2. The number of carbonyl (C=O) groups excluding carboxylic acids is 2. The summed E-state index contributed by atoms with van der Waals surface area (Å²) in [6, 6.07) is 23.7. The number of fused-ring (bicyclic) bond motifs is 1. The summed E-state index contributed by atoms with van der Waals surface area (Å²) >= 11 is 0. The van der Waals surface area contributed by atoms with Crippen LogP contribution in [0.3, 0.4) is 0 Å². The second kappa shape index (κ2) is 8.29. The van der Waals surface area contributed by atoms with Gasteiger partial charge in [-0.05, 0) is 37.6 Å². The zero-order valence-corrected chi connectivity index (χ0v) is 17.2. The van der Waals surface area contributed by atoms with Crippen molar-refractivity contribution in [3.8, 4) is 17.2 Å². The number of aromatic amines is 1. The molecule has 1 atom stereocenters. The molecule has 0 spiro atoms. The SMILES string of the molecule is Cc1[nH]c2ccccc2c1C(=O)[C@H](C)OC(=O)c1ccccc1-c1ccccc1C#N. The third kappa shape index (κ3) is 3.72. The molecule has 5 heteroatoms. The molecule has 0 bridgehead atoms. The van der Waals surface area contributed by atoms with Crippen molar-refractivity contribution in [1.82, 2.24) is 4.98 Å². The van der Waals surface area contributed by atoms with Gasteiger partial charge in [-0.15, -0.1) is 0 Å². The number of ketones is 1. The first kappa shape index (κ1) is 20.1. The van der Waals surface area contributed by atoms with Crippen LogP contribution in [-0.2, 0) is 4.74 Å². The Bertz CT molecular complexity index is 1340. The van der Waals surface area contributed by atoms with E-state index in [0.717, 1.165) is 16.6 Å². The Morgan fingerprint density at radius 3 is 2.35 bits per heavy atom. The van der Waals surface area contributed by atoms with Crippen LogP contribution >= 0.6 is 0 Å². The van der Waals surface area contributed by atoms with Crippen LogP contribution in [0.2, 0.25) is 0 Å². The first-order chi connectivity index (χ1) is 15.0. The van der Waals surface area contributed by atoms with Crippen molar-refractivity contribution >= 4 is 22.7 Å². The van der Waals surface area contributed by atoms with Crippen molar-refractivity contribution in [2.24, 2.45) is 0 Å². The van der Waals surface area contributed by atoms with E-state index in [9.17, 15) is 14.9 Å². The standard InChI is InChI=1S/C26H20N2O3/c1-16-24(22-13-7-8-14-23(22)28-16)25(29)17(2)31-26(30)21-12-6-5-11-20(21)19-10-4-3-9-18(19)15-27/h3-14,17,28H,1-2H3/t17-/m0/s1. The predicted octanol–water partition coefficient (Wildman–Crippen LogP) is 5.44. The minimum atomic E-state index is -0.968. The fraction of sp³-hybridized carbons (Fsp3) is 0.115. The minimum absolute atomic E-state index is 0.266. The molecule has 1 heterocycles. The molecule has 0 aliphatic carbocycles. The predicted molar refractivity (Wildman–Crippen MR) is 119 cm³/mol. The van der Waals surface area contributed by atoms with Gasteiger partial charge >= 0.3 is 5.97 Å². The number of Topliss-reactive ketones (excluding diaryl/α,β-unsaturated/α-hetero) is 1. The normalized spacial score (nSPS) is 11.6. The highest BCUT2D eigenvalue weighted by molar-refractivity contribution is 6.12. The molecule has 0 radical (unpaired) electrons. The molecule has 5 nitrogen and oxygen atoms in total. The highest BCUT2D eigenvalue weighted by Gasteiger charge is 2.26. The van der Waals surface area contributed by atoms with Gasteiger partial charge in [0.25, 0.3) is 0 Å². The quantitative estimate of drug-likeness (QED) is 0.352. The first-order valence-electron chi connectivity index (χ1n) is 9.92. The van der Waals surface area contributed by atoms with Gasteiger partial charge in [0.05, 0.1) is 17.2 Å². The van der Waals surface area contributed by atoms with Gasteiger partial charge in [-0.1, -0.05) is 54.6 Å². The average molecular weight is 408 g/mol. The lowest BCUT2D eigenvalue weighted by atomic mass is 9.96. The lowest BCUT2D eigenvalue weighted by Crippen LogP contribution is -2.25. The Hall–Kier alpha value is -4.17. The summed E-state index contributed by atoms with van der Waals surface area (Å²) in [5, 5.41) is 10.2. The number of esters is 1. The molecular weight excluding hydrogens is 388 g/mol. The van der Waals surface area contributed by atoms with Crippen molar-refractivity contribution in [2.45, 2.75) is 20.0 Å². The molecule has 31 heavy (non-hydrogen) atoms. The number of H-pyrrole nitrogens is 1. The van der Waals surface area contributed by atoms with Gasteiger partial charge < -0.3 is 9.72 Å². The lowest BCUT2D eigenvalue weighted by Gasteiger charge is -2.15. The number of benzene rings is 3. The minimum Gasteiger partial charge on any atom is -0.451 e. The highest BCUT2D eigenvalue weighted by Crippen LogP contribution is 2.28. The fourth-order valence-electron chi connectivity index (χ4n) is 3.79. The molecule has 0 unspecified atom stereocenters. The summed E-state index contributed by atoms with van der Waals surface area (Å²) in [5.41, 5.74) is 4.12. The van der Waals surface area contributed by atoms with Crippen molar-refractivity contribution in [3.63, 3.8) is 0 Å². The molecule has 3 aromatic carbocycles. The average Bonchev–Trinajstić information content (AvgIpc) is 3.14. The van der Waals surface area contributed by atoms with Gasteiger partial charge in [-0.3, -0.25) is 4.79 Å². The molecule has 1 aromatic heterocycles. The number of ether oxygens (including phenoxy) is 1. The van der Waals surface area contributed by atoms with E-state index in [-0.39, 0.29) is 5.78 Å². The fourth-order valence-corrected chi connectivity index (χ4v) is 3.79. The Balaban J connectivity index is 1.64. The van der Waals surface area contributed by atoms with Crippen molar-refractivity contribution in [2.75, 3.05) is 0 Å². The molecule has 0 aliphatic heterocycles. The maximum atomic E-state index is 13.1. The van der Waals surface area contributed by atoms with E-state index < -0.39 is 12.1 Å². The number of aryl methyl sites for hydroxylation is 1. The largest absolute Gasteiger partial charge is 0.451 e. The van der Waals surface area contributed by atoms with E-state index >= 15 is 0 Å². The Morgan fingerprint density at radius 1 is 0.935 bits per heavy atom. The Kier molecular flexibility index (Phi) is 5.38. The highest BCUT2D eigenvalue weighted by atomic mass is 16.5. The van der Waals surface area contributed by atoms with Crippen LogP contribution in [0.5, 0.6) is 0 Å².